The molecular weight excluding hydrogens is 426 g/mol. The third kappa shape index (κ3) is 5.00. The number of carbonyl (C=O) groups is 1. The molecule has 12 heteroatoms. The van der Waals surface area contributed by atoms with Crippen molar-refractivity contribution in [3.05, 3.63) is 41.2 Å². The second-order valence-corrected chi connectivity index (χ2v) is 8.09. The molecule has 1 aliphatic rings. The lowest BCUT2D eigenvalue weighted by atomic mass is 9.99. The van der Waals surface area contributed by atoms with Crippen LogP contribution >= 0.6 is 0 Å². The molecule has 1 amide bonds. The van der Waals surface area contributed by atoms with Gasteiger partial charge < -0.3 is 10.5 Å². The monoisotopic (exact) mass is 453 g/mol. The van der Waals surface area contributed by atoms with E-state index >= 15 is 0 Å². The van der Waals surface area contributed by atoms with Gasteiger partial charge in [-0.15, -0.1) is 5.10 Å². The summed E-state index contributed by atoms with van der Waals surface area (Å²) in [4.78, 5) is 15.3. The van der Waals surface area contributed by atoms with E-state index in [1.165, 1.54) is 4.68 Å². The fourth-order valence-corrected chi connectivity index (χ4v) is 3.64. The number of nitrogens with two attached hydrogens (primary N) is 1. The second kappa shape index (κ2) is 9.77. The minimum atomic E-state index is -0.482. The number of nitrogens with one attached hydrogen (secondary N) is 1. The molecule has 0 unspecified atom stereocenters. The fourth-order valence-electron chi connectivity index (χ4n) is 3.64. The van der Waals surface area contributed by atoms with Gasteiger partial charge in [0.1, 0.15) is 5.75 Å². The fraction of sp³-hybridized carbons (Fsp3) is 0.429. The lowest BCUT2D eigenvalue weighted by Crippen LogP contribution is -2.34. The molecule has 4 rings (SSSR count). The number of piperidine rings is 1. The summed E-state index contributed by atoms with van der Waals surface area (Å²) in [7, 11) is 1.61. The number of nitrogens with zero attached hydrogens (tertiary/aromatic N) is 7. The zero-order valence-corrected chi connectivity index (χ0v) is 18.9. The molecule has 174 valence electrons. The van der Waals surface area contributed by atoms with Crippen molar-refractivity contribution < 1.29 is 14.2 Å². The van der Waals surface area contributed by atoms with E-state index in [4.69, 9.17) is 15.1 Å². The predicted molar refractivity (Wildman–Crippen MR) is 120 cm³/mol. The Labute approximate surface area is 190 Å². The van der Waals surface area contributed by atoms with Gasteiger partial charge in [-0.1, -0.05) is 12.1 Å². The van der Waals surface area contributed by atoms with Crippen LogP contribution in [0.1, 0.15) is 48.4 Å². The molecule has 3 aromatic rings. The number of likely N-dealkylation sites (tertiary alicyclic amines) is 1. The Morgan fingerprint density at radius 1 is 1.27 bits per heavy atom. The first-order valence-electron chi connectivity index (χ1n) is 10.7. The largest absolute Gasteiger partial charge is 0.497 e. The van der Waals surface area contributed by atoms with Crippen LogP contribution in [-0.2, 0) is 6.54 Å². The van der Waals surface area contributed by atoms with E-state index in [2.05, 4.69) is 43.0 Å². The lowest BCUT2D eigenvalue weighted by Gasteiger charge is -2.30. The Balaban J connectivity index is 1.57. The normalized spacial score (nSPS) is 15.5. The number of benzene rings is 1. The van der Waals surface area contributed by atoms with E-state index in [1.807, 2.05) is 24.3 Å². The van der Waals surface area contributed by atoms with Crippen LogP contribution in [0.4, 0.5) is 5.82 Å². The summed E-state index contributed by atoms with van der Waals surface area (Å²) in [5, 5.41) is 19.8. The molecule has 1 aliphatic heterocycles. The summed E-state index contributed by atoms with van der Waals surface area (Å²) < 4.78 is 11.3. The van der Waals surface area contributed by atoms with E-state index in [0.717, 1.165) is 37.2 Å². The van der Waals surface area contributed by atoms with E-state index in [0.29, 0.717) is 23.9 Å². The number of ether oxygens (including phenoxy) is 1. The summed E-state index contributed by atoms with van der Waals surface area (Å²) in [5.41, 5.74) is 10.6. The first-order valence-corrected chi connectivity index (χ1v) is 10.7. The Hall–Kier alpha value is -3.80. The third-order valence-corrected chi connectivity index (χ3v) is 5.76. The summed E-state index contributed by atoms with van der Waals surface area (Å²) in [6.07, 6.45) is 2.17. The molecule has 0 atom stereocenters. The Morgan fingerprint density at radius 2 is 2.00 bits per heavy atom. The van der Waals surface area contributed by atoms with Crippen molar-refractivity contribution in [3.8, 4) is 11.6 Å². The quantitative estimate of drug-likeness (QED) is 0.402. The molecule has 2 aromatic heterocycles. The number of methoxy groups -OCH3 is 1. The first-order chi connectivity index (χ1) is 16.0. The first kappa shape index (κ1) is 22.4. The Morgan fingerprint density at radius 3 is 2.64 bits per heavy atom. The third-order valence-electron chi connectivity index (χ3n) is 5.76. The second-order valence-electron chi connectivity index (χ2n) is 8.09. The number of carbonyl (C=O) groups excluding carboxylic acids is 1. The molecule has 0 bridgehead atoms. The van der Waals surface area contributed by atoms with Crippen molar-refractivity contribution in [3.63, 3.8) is 0 Å². The van der Waals surface area contributed by atoms with Crippen LogP contribution in [0.3, 0.4) is 0 Å². The van der Waals surface area contributed by atoms with Crippen LogP contribution in [0.5, 0.6) is 5.75 Å². The van der Waals surface area contributed by atoms with E-state index < -0.39 is 5.91 Å². The van der Waals surface area contributed by atoms with Gasteiger partial charge in [-0.05, 0) is 78.9 Å². The standard InChI is InChI=1S/C21H27N9O3/c1-13-8-10-29(11-9-13)12-17-18(24-28-30(17)20-19(22)26-33-27-20)21(31)25-23-14(2)15-4-6-16(32-3)7-5-15/h4-7,13H,8-12H2,1-3H3,(H2,22,26)(H,25,31). The number of anilines is 1. The zero-order chi connectivity index (χ0) is 23.4. The van der Waals surface area contributed by atoms with Crippen LogP contribution in [0, 0.1) is 5.92 Å². The minimum Gasteiger partial charge on any atom is -0.497 e. The number of hydrazone groups is 1. The van der Waals surface area contributed by atoms with E-state index in [-0.39, 0.29) is 17.3 Å². The predicted octanol–water partition coefficient (Wildman–Crippen LogP) is 1.63. The van der Waals surface area contributed by atoms with Crippen LogP contribution in [0.2, 0.25) is 0 Å². The van der Waals surface area contributed by atoms with Crippen LogP contribution in [0.25, 0.3) is 5.82 Å². The van der Waals surface area contributed by atoms with Gasteiger partial charge in [0.2, 0.25) is 11.6 Å². The average molecular weight is 454 g/mol. The Bertz CT molecular complexity index is 1130. The molecule has 12 nitrogen and oxygen atoms in total. The molecule has 0 radical (unpaired) electrons. The SMILES string of the molecule is COc1ccc(C(C)=NNC(=O)c2nnn(-c3nonc3N)c2CN2CCC(C)CC2)cc1. The van der Waals surface area contributed by atoms with Crippen LogP contribution in [0.15, 0.2) is 34.0 Å². The smallest absolute Gasteiger partial charge is 0.293 e. The molecule has 3 N–H and O–H groups in total. The van der Waals surface area contributed by atoms with Gasteiger partial charge in [-0.2, -0.15) is 9.78 Å². The minimum absolute atomic E-state index is 0.0637. The van der Waals surface area contributed by atoms with E-state index in [1.54, 1.807) is 14.0 Å². The van der Waals surface area contributed by atoms with Crippen LogP contribution < -0.4 is 15.9 Å². The number of amides is 1. The summed E-state index contributed by atoms with van der Waals surface area (Å²) in [6, 6.07) is 7.39. The van der Waals surface area contributed by atoms with Gasteiger partial charge in [0, 0.05) is 6.54 Å². The highest BCUT2D eigenvalue weighted by molar-refractivity contribution is 6.00. The van der Waals surface area contributed by atoms with Crippen molar-refractivity contribution in [1.82, 2.24) is 35.6 Å². The lowest BCUT2D eigenvalue weighted by molar-refractivity contribution is 0.0946. The van der Waals surface area contributed by atoms with Crippen molar-refractivity contribution in [2.45, 2.75) is 33.2 Å². The van der Waals surface area contributed by atoms with Gasteiger partial charge in [0.15, 0.2) is 5.69 Å². The molecule has 1 saturated heterocycles. The van der Waals surface area contributed by atoms with Crippen molar-refractivity contribution in [1.29, 1.82) is 0 Å². The maximum Gasteiger partial charge on any atom is 0.293 e. The highest BCUT2D eigenvalue weighted by Crippen LogP contribution is 2.22. The number of rotatable bonds is 7. The molecule has 1 aromatic carbocycles. The molecule has 3 heterocycles. The molecule has 33 heavy (non-hydrogen) atoms. The van der Waals surface area contributed by atoms with Gasteiger partial charge in [0.25, 0.3) is 5.91 Å². The summed E-state index contributed by atoms with van der Waals surface area (Å²) >= 11 is 0. The summed E-state index contributed by atoms with van der Waals surface area (Å²) in [6.45, 7) is 6.32. The molecule has 1 fully saturated rings. The maximum atomic E-state index is 13.0. The zero-order valence-electron chi connectivity index (χ0n) is 18.9. The topological polar surface area (TPSA) is 150 Å². The Kier molecular flexibility index (Phi) is 6.63. The average Bonchev–Trinajstić information content (AvgIpc) is 3.44. The molecule has 0 saturated carbocycles. The van der Waals surface area contributed by atoms with Crippen molar-refractivity contribution in [2.75, 3.05) is 25.9 Å². The van der Waals surface area contributed by atoms with Gasteiger partial charge in [-0.3, -0.25) is 9.69 Å². The highest BCUT2D eigenvalue weighted by atomic mass is 16.6. The number of aromatic nitrogens is 5. The molecular formula is C21H27N9O3. The van der Waals surface area contributed by atoms with Crippen molar-refractivity contribution >= 4 is 17.4 Å². The number of nitrogen functional groups attached to an aromatic ring is 1. The molecule has 0 aliphatic carbocycles. The van der Waals surface area contributed by atoms with E-state index in [9.17, 15) is 4.79 Å². The van der Waals surface area contributed by atoms with Gasteiger partial charge >= 0.3 is 0 Å². The van der Waals surface area contributed by atoms with Crippen LogP contribution in [-0.4, -0.2) is 62.0 Å². The van der Waals surface area contributed by atoms with Gasteiger partial charge in [0.05, 0.1) is 18.5 Å². The van der Waals surface area contributed by atoms with Crippen molar-refractivity contribution in [2.24, 2.45) is 11.0 Å². The number of hydrogen-bond acceptors (Lipinski definition) is 10. The summed E-state index contributed by atoms with van der Waals surface area (Å²) in [5.74, 6) is 1.20. The highest BCUT2D eigenvalue weighted by Gasteiger charge is 2.27. The maximum absolute atomic E-state index is 13.0. The van der Waals surface area contributed by atoms with Gasteiger partial charge in [-0.25, -0.2) is 10.1 Å². The molecule has 0 spiro atoms. The number of hydrogen-bond donors (Lipinski definition) is 2.